The zero-order chi connectivity index (χ0) is 13.0. The molecule has 2 saturated heterocycles. The molecule has 0 aromatic heterocycles. The molecule has 2 atom stereocenters. The minimum Gasteiger partial charge on any atom is -0.380 e. The first-order valence-electron chi connectivity index (χ1n) is 7.45. The molecule has 0 bridgehead atoms. The Kier molecular flexibility index (Phi) is 5.01. The summed E-state index contributed by atoms with van der Waals surface area (Å²) in [5, 5.41) is 0. The summed E-state index contributed by atoms with van der Waals surface area (Å²) in [6.07, 6.45) is 5.18. The second-order valence-electron chi connectivity index (χ2n) is 5.83. The molecule has 2 unspecified atom stereocenters. The Morgan fingerprint density at radius 1 is 1.44 bits per heavy atom. The lowest BCUT2D eigenvalue weighted by Gasteiger charge is -2.49. The fraction of sp³-hybridized carbons (Fsp3) is 1.00. The Bertz CT molecular complexity index is 261. The van der Waals surface area contributed by atoms with E-state index in [1.807, 2.05) is 0 Å². The second-order valence-corrected chi connectivity index (χ2v) is 5.83. The van der Waals surface area contributed by atoms with Crippen molar-refractivity contribution in [3.8, 4) is 0 Å². The summed E-state index contributed by atoms with van der Waals surface area (Å²) in [7, 11) is 2.22. The molecule has 0 aromatic carbocycles. The van der Waals surface area contributed by atoms with Gasteiger partial charge in [-0.3, -0.25) is 4.90 Å². The largest absolute Gasteiger partial charge is 0.380 e. The van der Waals surface area contributed by atoms with Gasteiger partial charge in [-0.05, 0) is 46.2 Å². The van der Waals surface area contributed by atoms with E-state index in [2.05, 4.69) is 23.8 Å². The molecule has 0 aliphatic carbocycles. The van der Waals surface area contributed by atoms with E-state index in [-0.39, 0.29) is 5.54 Å². The summed E-state index contributed by atoms with van der Waals surface area (Å²) < 4.78 is 5.48. The lowest BCUT2D eigenvalue weighted by molar-refractivity contribution is 0.00906. The highest BCUT2D eigenvalue weighted by Crippen LogP contribution is 2.35. The molecular formula is C14H29N3O. The van der Waals surface area contributed by atoms with Crippen LogP contribution in [0, 0.1) is 0 Å². The normalized spacial score (nSPS) is 33.0. The first-order valence-corrected chi connectivity index (χ1v) is 7.45. The van der Waals surface area contributed by atoms with Crippen molar-refractivity contribution < 1.29 is 4.74 Å². The van der Waals surface area contributed by atoms with Crippen LogP contribution in [0.4, 0.5) is 0 Å². The van der Waals surface area contributed by atoms with Crippen LogP contribution >= 0.6 is 0 Å². The summed E-state index contributed by atoms with van der Waals surface area (Å²) in [5.41, 5.74) is 6.34. The van der Waals surface area contributed by atoms with E-state index in [1.54, 1.807) is 0 Å². The number of piperidine rings is 1. The fourth-order valence-electron chi connectivity index (χ4n) is 3.58. The van der Waals surface area contributed by atoms with Crippen LogP contribution in [0.3, 0.4) is 0 Å². The predicted molar refractivity (Wildman–Crippen MR) is 74.7 cm³/mol. The van der Waals surface area contributed by atoms with Gasteiger partial charge in [0.2, 0.25) is 0 Å². The molecule has 106 valence electrons. The fourth-order valence-corrected chi connectivity index (χ4v) is 3.58. The van der Waals surface area contributed by atoms with Crippen molar-refractivity contribution in [1.29, 1.82) is 0 Å². The third-order valence-electron chi connectivity index (χ3n) is 4.94. The van der Waals surface area contributed by atoms with Gasteiger partial charge in [0.05, 0.1) is 6.61 Å². The van der Waals surface area contributed by atoms with Crippen molar-refractivity contribution >= 4 is 0 Å². The quantitative estimate of drug-likeness (QED) is 0.716. The Hall–Kier alpha value is -0.160. The molecule has 18 heavy (non-hydrogen) atoms. The van der Waals surface area contributed by atoms with Gasteiger partial charge in [0.1, 0.15) is 0 Å². The number of ether oxygens (including phenoxy) is 1. The summed E-state index contributed by atoms with van der Waals surface area (Å²) in [6.45, 7) is 7.98. The lowest BCUT2D eigenvalue weighted by atomic mass is 9.82. The summed E-state index contributed by atoms with van der Waals surface area (Å²) in [6, 6.07) is 0.775. The van der Waals surface area contributed by atoms with Gasteiger partial charge in [-0.15, -0.1) is 0 Å². The standard InChI is InChI=1S/C14H29N3O/c1-3-18-10-9-16(2)14(12-15)6-8-17-7-4-5-13(17)11-14/h13H,3-12,15H2,1-2H3. The van der Waals surface area contributed by atoms with E-state index in [1.165, 1.54) is 38.8 Å². The molecule has 4 nitrogen and oxygen atoms in total. The van der Waals surface area contributed by atoms with Crippen LogP contribution < -0.4 is 5.73 Å². The van der Waals surface area contributed by atoms with E-state index in [9.17, 15) is 0 Å². The number of hydrogen-bond donors (Lipinski definition) is 1. The Morgan fingerprint density at radius 2 is 2.28 bits per heavy atom. The van der Waals surface area contributed by atoms with Gasteiger partial charge in [-0.25, -0.2) is 0 Å². The van der Waals surface area contributed by atoms with Crippen molar-refractivity contribution in [2.45, 2.75) is 44.2 Å². The number of likely N-dealkylation sites (N-methyl/N-ethyl adjacent to an activating group) is 1. The SMILES string of the molecule is CCOCCN(C)C1(CN)CCN2CCCC2C1. The van der Waals surface area contributed by atoms with Crippen LogP contribution in [0.25, 0.3) is 0 Å². The monoisotopic (exact) mass is 255 g/mol. The van der Waals surface area contributed by atoms with Gasteiger partial charge in [-0.2, -0.15) is 0 Å². The van der Waals surface area contributed by atoms with E-state index < -0.39 is 0 Å². The molecule has 2 N–H and O–H groups in total. The minimum absolute atomic E-state index is 0.211. The van der Waals surface area contributed by atoms with E-state index in [0.29, 0.717) is 0 Å². The van der Waals surface area contributed by atoms with Gasteiger partial charge in [0.25, 0.3) is 0 Å². The molecule has 2 aliphatic rings. The average molecular weight is 255 g/mol. The molecule has 2 heterocycles. The maximum Gasteiger partial charge on any atom is 0.0593 e. The Labute approximate surface area is 111 Å². The first-order chi connectivity index (χ1) is 8.72. The van der Waals surface area contributed by atoms with Crippen molar-refractivity contribution in [2.75, 3.05) is 46.4 Å². The molecule has 4 heteroatoms. The average Bonchev–Trinajstić information content (AvgIpc) is 2.85. The van der Waals surface area contributed by atoms with Crippen LogP contribution in [0.1, 0.15) is 32.6 Å². The number of hydrogen-bond acceptors (Lipinski definition) is 4. The smallest absolute Gasteiger partial charge is 0.0593 e. The molecule has 0 aromatic rings. The molecule has 0 spiro atoms. The van der Waals surface area contributed by atoms with Gasteiger partial charge in [0, 0.05) is 37.8 Å². The van der Waals surface area contributed by atoms with Gasteiger partial charge >= 0.3 is 0 Å². The number of nitrogens with two attached hydrogens (primary N) is 1. The zero-order valence-electron chi connectivity index (χ0n) is 12.0. The van der Waals surface area contributed by atoms with E-state index >= 15 is 0 Å². The summed E-state index contributed by atoms with van der Waals surface area (Å²) in [5.74, 6) is 0. The maximum absolute atomic E-state index is 6.13. The van der Waals surface area contributed by atoms with Crippen LogP contribution in [-0.4, -0.2) is 67.8 Å². The van der Waals surface area contributed by atoms with Crippen molar-refractivity contribution in [3.05, 3.63) is 0 Å². The number of rotatable bonds is 6. The highest BCUT2D eigenvalue weighted by atomic mass is 16.5. The summed E-state index contributed by atoms with van der Waals surface area (Å²) >= 11 is 0. The maximum atomic E-state index is 6.13. The molecule has 0 amide bonds. The summed E-state index contributed by atoms with van der Waals surface area (Å²) in [4.78, 5) is 5.11. The molecule has 2 aliphatic heterocycles. The third-order valence-corrected chi connectivity index (χ3v) is 4.94. The zero-order valence-corrected chi connectivity index (χ0v) is 12.0. The predicted octanol–water partition coefficient (Wildman–Crippen LogP) is 0.910. The molecule has 2 rings (SSSR count). The second kappa shape index (κ2) is 6.33. The first kappa shape index (κ1) is 14.3. The number of fused-ring (bicyclic) bond motifs is 1. The lowest BCUT2D eigenvalue weighted by Crippen LogP contribution is -2.60. The highest BCUT2D eigenvalue weighted by Gasteiger charge is 2.42. The van der Waals surface area contributed by atoms with Crippen LogP contribution in [0.15, 0.2) is 0 Å². The van der Waals surface area contributed by atoms with Crippen LogP contribution in [-0.2, 0) is 4.74 Å². The van der Waals surface area contributed by atoms with E-state index in [0.717, 1.165) is 32.3 Å². The number of nitrogens with zero attached hydrogens (tertiary/aromatic N) is 2. The van der Waals surface area contributed by atoms with Gasteiger partial charge in [-0.1, -0.05) is 0 Å². The van der Waals surface area contributed by atoms with Gasteiger partial charge < -0.3 is 15.4 Å². The third kappa shape index (κ3) is 2.87. The Balaban J connectivity index is 1.92. The highest BCUT2D eigenvalue weighted by molar-refractivity contribution is 5.01. The molecule has 0 radical (unpaired) electrons. The van der Waals surface area contributed by atoms with E-state index in [4.69, 9.17) is 10.5 Å². The topological polar surface area (TPSA) is 41.7 Å². The van der Waals surface area contributed by atoms with Crippen LogP contribution in [0.2, 0.25) is 0 Å². The molecular weight excluding hydrogens is 226 g/mol. The molecule has 0 saturated carbocycles. The van der Waals surface area contributed by atoms with Gasteiger partial charge in [0.15, 0.2) is 0 Å². The Morgan fingerprint density at radius 3 is 3.00 bits per heavy atom. The van der Waals surface area contributed by atoms with Crippen molar-refractivity contribution in [2.24, 2.45) is 5.73 Å². The van der Waals surface area contributed by atoms with Crippen LogP contribution in [0.5, 0.6) is 0 Å². The van der Waals surface area contributed by atoms with Crippen molar-refractivity contribution in [3.63, 3.8) is 0 Å². The van der Waals surface area contributed by atoms with Crippen molar-refractivity contribution in [1.82, 2.24) is 9.80 Å². The molecule has 2 fully saturated rings. The minimum atomic E-state index is 0.211.